The molecule has 0 aliphatic rings. The van der Waals surface area contributed by atoms with Gasteiger partial charge in [0.25, 0.3) is 0 Å². The van der Waals surface area contributed by atoms with Gasteiger partial charge in [0.1, 0.15) is 0 Å². The van der Waals surface area contributed by atoms with Crippen LogP contribution in [0.25, 0.3) is 0 Å². The van der Waals surface area contributed by atoms with Gasteiger partial charge in [0, 0.05) is 25.4 Å². The third-order valence-corrected chi connectivity index (χ3v) is 2.23. The van der Waals surface area contributed by atoms with Gasteiger partial charge in [-0.2, -0.15) is 5.10 Å². The molecule has 14 heavy (non-hydrogen) atoms. The standard InChI is InChI=1S/C11H21N3/c1-5-6-12-7-10-8-14(4)13-11(10)9(2)3/h8-9,12H,5-7H2,1-4H3. The molecule has 0 aliphatic carbocycles. The van der Waals surface area contributed by atoms with Crippen molar-refractivity contribution in [3.8, 4) is 0 Å². The molecule has 3 heteroatoms. The quantitative estimate of drug-likeness (QED) is 0.729. The lowest BCUT2D eigenvalue weighted by atomic mass is 10.1. The van der Waals surface area contributed by atoms with E-state index in [1.165, 1.54) is 17.7 Å². The average Bonchev–Trinajstić information content (AvgIpc) is 2.47. The van der Waals surface area contributed by atoms with E-state index in [0.717, 1.165) is 13.1 Å². The summed E-state index contributed by atoms with van der Waals surface area (Å²) in [6.07, 6.45) is 3.29. The van der Waals surface area contributed by atoms with E-state index in [1.807, 2.05) is 11.7 Å². The van der Waals surface area contributed by atoms with Gasteiger partial charge in [0.2, 0.25) is 0 Å². The minimum Gasteiger partial charge on any atom is -0.313 e. The second-order valence-corrected chi connectivity index (χ2v) is 4.04. The molecule has 0 fully saturated rings. The Hall–Kier alpha value is -0.830. The number of nitrogens with one attached hydrogen (secondary N) is 1. The van der Waals surface area contributed by atoms with Gasteiger partial charge >= 0.3 is 0 Å². The van der Waals surface area contributed by atoms with Crippen molar-refractivity contribution >= 4 is 0 Å². The summed E-state index contributed by atoms with van der Waals surface area (Å²) in [6, 6.07) is 0. The lowest BCUT2D eigenvalue weighted by Gasteiger charge is -2.05. The maximum Gasteiger partial charge on any atom is 0.0694 e. The van der Waals surface area contributed by atoms with Crippen LogP contribution in [0.15, 0.2) is 6.20 Å². The Morgan fingerprint density at radius 3 is 2.79 bits per heavy atom. The molecule has 1 rings (SSSR count). The average molecular weight is 195 g/mol. The van der Waals surface area contributed by atoms with E-state index in [2.05, 4.69) is 37.4 Å². The van der Waals surface area contributed by atoms with Crippen molar-refractivity contribution in [2.45, 2.75) is 39.7 Å². The molecular weight excluding hydrogens is 174 g/mol. The summed E-state index contributed by atoms with van der Waals surface area (Å²) in [5, 5.41) is 7.87. The van der Waals surface area contributed by atoms with Gasteiger partial charge in [-0.25, -0.2) is 0 Å². The van der Waals surface area contributed by atoms with E-state index in [-0.39, 0.29) is 0 Å². The zero-order valence-electron chi connectivity index (χ0n) is 9.67. The number of aryl methyl sites for hydroxylation is 1. The Labute approximate surface area is 86.5 Å². The van der Waals surface area contributed by atoms with E-state index >= 15 is 0 Å². The molecule has 0 unspecified atom stereocenters. The van der Waals surface area contributed by atoms with E-state index in [1.54, 1.807) is 0 Å². The van der Waals surface area contributed by atoms with Gasteiger partial charge in [-0.3, -0.25) is 4.68 Å². The van der Waals surface area contributed by atoms with Crippen molar-refractivity contribution in [3.05, 3.63) is 17.5 Å². The first kappa shape index (κ1) is 11.2. The van der Waals surface area contributed by atoms with Crippen molar-refractivity contribution in [3.63, 3.8) is 0 Å². The number of rotatable bonds is 5. The van der Waals surface area contributed by atoms with Crippen LogP contribution in [0.3, 0.4) is 0 Å². The van der Waals surface area contributed by atoms with Crippen LogP contribution in [0.2, 0.25) is 0 Å². The monoisotopic (exact) mass is 195 g/mol. The SMILES string of the molecule is CCCNCc1cn(C)nc1C(C)C. The molecule has 0 saturated carbocycles. The molecule has 0 atom stereocenters. The summed E-state index contributed by atoms with van der Waals surface area (Å²) in [5.41, 5.74) is 2.55. The highest BCUT2D eigenvalue weighted by atomic mass is 15.3. The first-order valence-electron chi connectivity index (χ1n) is 5.38. The van der Waals surface area contributed by atoms with E-state index in [9.17, 15) is 0 Å². The zero-order chi connectivity index (χ0) is 10.6. The Morgan fingerprint density at radius 2 is 2.21 bits per heavy atom. The largest absolute Gasteiger partial charge is 0.313 e. The first-order valence-corrected chi connectivity index (χ1v) is 5.38. The summed E-state index contributed by atoms with van der Waals surface area (Å²) < 4.78 is 1.90. The van der Waals surface area contributed by atoms with Crippen LogP contribution in [0.4, 0.5) is 0 Å². The normalized spacial score (nSPS) is 11.2. The highest BCUT2D eigenvalue weighted by Crippen LogP contribution is 2.16. The highest BCUT2D eigenvalue weighted by Gasteiger charge is 2.10. The van der Waals surface area contributed by atoms with Crippen molar-refractivity contribution < 1.29 is 0 Å². The van der Waals surface area contributed by atoms with E-state index < -0.39 is 0 Å². The number of hydrogen-bond acceptors (Lipinski definition) is 2. The van der Waals surface area contributed by atoms with E-state index in [0.29, 0.717) is 5.92 Å². The molecule has 3 nitrogen and oxygen atoms in total. The van der Waals surface area contributed by atoms with Crippen LogP contribution in [0, 0.1) is 0 Å². The van der Waals surface area contributed by atoms with Gasteiger partial charge in [0.05, 0.1) is 5.69 Å². The van der Waals surface area contributed by atoms with Gasteiger partial charge < -0.3 is 5.32 Å². The smallest absolute Gasteiger partial charge is 0.0694 e. The molecule has 0 bridgehead atoms. The maximum atomic E-state index is 4.47. The first-order chi connectivity index (χ1) is 6.65. The lowest BCUT2D eigenvalue weighted by molar-refractivity contribution is 0.664. The fourth-order valence-corrected chi connectivity index (χ4v) is 1.58. The molecular formula is C11H21N3. The fraction of sp³-hybridized carbons (Fsp3) is 0.727. The van der Waals surface area contributed by atoms with E-state index in [4.69, 9.17) is 0 Å². The molecule has 80 valence electrons. The summed E-state index contributed by atoms with van der Waals surface area (Å²) in [6.45, 7) is 8.57. The maximum absolute atomic E-state index is 4.47. The minimum absolute atomic E-state index is 0.509. The van der Waals surface area contributed by atoms with Crippen molar-refractivity contribution in [2.75, 3.05) is 6.54 Å². The fourth-order valence-electron chi connectivity index (χ4n) is 1.58. The van der Waals surface area contributed by atoms with Crippen LogP contribution >= 0.6 is 0 Å². The van der Waals surface area contributed by atoms with Crippen LogP contribution < -0.4 is 5.32 Å². The number of nitrogens with zero attached hydrogens (tertiary/aromatic N) is 2. The lowest BCUT2D eigenvalue weighted by Crippen LogP contribution is -2.14. The molecule has 1 N–H and O–H groups in total. The molecule has 1 aromatic heterocycles. The third-order valence-electron chi connectivity index (χ3n) is 2.23. The van der Waals surface area contributed by atoms with Gasteiger partial charge in [0.15, 0.2) is 0 Å². The minimum atomic E-state index is 0.509. The molecule has 0 amide bonds. The second kappa shape index (κ2) is 5.15. The molecule has 0 spiro atoms. The van der Waals surface area contributed by atoms with Gasteiger partial charge in [-0.15, -0.1) is 0 Å². The summed E-state index contributed by atoms with van der Waals surface area (Å²) in [7, 11) is 1.98. The molecule has 0 aliphatic heterocycles. The van der Waals surface area contributed by atoms with Crippen molar-refractivity contribution in [2.24, 2.45) is 7.05 Å². The van der Waals surface area contributed by atoms with Crippen LogP contribution in [0.1, 0.15) is 44.4 Å². The van der Waals surface area contributed by atoms with Gasteiger partial charge in [-0.1, -0.05) is 20.8 Å². The van der Waals surface area contributed by atoms with Crippen molar-refractivity contribution in [1.29, 1.82) is 0 Å². The predicted molar refractivity (Wildman–Crippen MR) is 59.3 cm³/mol. The van der Waals surface area contributed by atoms with Crippen LogP contribution in [0.5, 0.6) is 0 Å². The molecule has 0 saturated heterocycles. The topological polar surface area (TPSA) is 29.9 Å². The zero-order valence-corrected chi connectivity index (χ0v) is 9.67. The molecule has 0 aromatic carbocycles. The van der Waals surface area contributed by atoms with Crippen LogP contribution in [-0.4, -0.2) is 16.3 Å². The number of aromatic nitrogens is 2. The molecule has 0 radical (unpaired) electrons. The summed E-state index contributed by atoms with van der Waals surface area (Å²) >= 11 is 0. The second-order valence-electron chi connectivity index (χ2n) is 4.04. The Balaban J connectivity index is 2.64. The Kier molecular flexibility index (Phi) is 4.14. The Bertz CT molecular complexity index is 276. The van der Waals surface area contributed by atoms with Crippen molar-refractivity contribution in [1.82, 2.24) is 15.1 Å². The Morgan fingerprint density at radius 1 is 1.50 bits per heavy atom. The van der Waals surface area contributed by atoms with Crippen LogP contribution in [-0.2, 0) is 13.6 Å². The predicted octanol–water partition coefficient (Wildman–Crippen LogP) is 2.04. The highest BCUT2D eigenvalue weighted by molar-refractivity contribution is 5.19. The summed E-state index contributed by atoms with van der Waals surface area (Å²) in [5.74, 6) is 0.509. The third kappa shape index (κ3) is 2.84. The van der Waals surface area contributed by atoms with Gasteiger partial charge in [-0.05, 0) is 18.9 Å². The number of hydrogen-bond donors (Lipinski definition) is 1. The summed E-state index contributed by atoms with van der Waals surface area (Å²) in [4.78, 5) is 0. The molecule has 1 heterocycles. The molecule has 1 aromatic rings.